The Labute approximate surface area is 192 Å². The normalized spacial score (nSPS) is 13.0. The molecule has 0 radical (unpaired) electrons. The minimum absolute atomic E-state index is 0.811. The van der Waals surface area contributed by atoms with E-state index in [1.54, 1.807) is 0 Å². The van der Waals surface area contributed by atoms with Gasteiger partial charge in [-0.3, -0.25) is 0 Å². The number of nitrogens with zero attached hydrogens (tertiary/aromatic N) is 1. The molecule has 0 spiro atoms. The van der Waals surface area contributed by atoms with Gasteiger partial charge in [0, 0.05) is 6.04 Å². The molecule has 1 heteroatoms. The number of hydrogen-bond donors (Lipinski definition) is 0. The van der Waals surface area contributed by atoms with Gasteiger partial charge in [-0.25, -0.2) is 0 Å². The first-order valence-electron chi connectivity index (χ1n) is 14.0. The highest BCUT2D eigenvalue weighted by Crippen LogP contribution is 2.17. The molecule has 0 aliphatic rings. The molecule has 0 amide bonds. The van der Waals surface area contributed by atoms with E-state index in [-0.39, 0.29) is 0 Å². The van der Waals surface area contributed by atoms with Crippen molar-refractivity contribution in [2.75, 3.05) is 14.1 Å². The van der Waals surface area contributed by atoms with Gasteiger partial charge in [-0.1, -0.05) is 129 Å². The lowest BCUT2D eigenvalue weighted by Gasteiger charge is -2.24. The summed E-state index contributed by atoms with van der Waals surface area (Å²) >= 11 is 0. The van der Waals surface area contributed by atoms with Gasteiger partial charge < -0.3 is 4.90 Å². The predicted octanol–water partition coefficient (Wildman–Crippen LogP) is 10.1. The van der Waals surface area contributed by atoms with Gasteiger partial charge in [-0.15, -0.1) is 0 Å². The highest BCUT2D eigenvalue weighted by molar-refractivity contribution is 4.81. The highest BCUT2D eigenvalue weighted by atomic mass is 15.1. The first-order valence-corrected chi connectivity index (χ1v) is 14.0. The third-order valence-electron chi connectivity index (χ3n) is 6.67. The first kappa shape index (κ1) is 29.7. The fourth-order valence-corrected chi connectivity index (χ4v) is 4.45. The van der Waals surface area contributed by atoms with E-state index in [0.29, 0.717) is 0 Å². The summed E-state index contributed by atoms with van der Waals surface area (Å²) in [7, 11) is 4.56. The van der Waals surface area contributed by atoms with Crippen LogP contribution in [-0.2, 0) is 0 Å². The largest absolute Gasteiger partial charge is 0.306 e. The van der Waals surface area contributed by atoms with Crippen molar-refractivity contribution in [1.29, 1.82) is 0 Å². The van der Waals surface area contributed by atoms with Crippen LogP contribution in [0.3, 0.4) is 0 Å². The zero-order valence-electron chi connectivity index (χ0n) is 21.7. The Balaban J connectivity index is 3.45. The predicted molar refractivity (Wildman–Crippen MR) is 140 cm³/mol. The van der Waals surface area contributed by atoms with Gasteiger partial charge in [0.25, 0.3) is 0 Å². The number of unbranched alkanes of at least 4 members (excludes halogenated alkanes) is 17. The van der Waals surface area contributed by atoms with Crippen molar-refractivity contribution in [1.82, 2.24) is 4.90 Å². The van der Waals surface area contributed by atoms with Crippen molar-refractivity contribution < 1.29 is 0 Å². The van der Waals surface area contributed by atoms with Crippen LogP contribution in [0.2, 0.25) is 0 Å². The molecule has 0 rings (SSSR count). The lowest BCUT2D eigenvalue weighted by Crippen LogP contribution is -2.27. The van der Waals surface area contributed by atoms with Crippen LogP contribution in [0.15, 0.2) is 12.2 Å². The molecule has 1 atom stereocenters. The number of rotatable bonds is 24. The molecule has 0 saturated heterocycles. The summed E-state index contributed by atoms with van der Waals surface area (Å²) in [4.78, 5) is 2.48. The topological polar surface area (TPSA) is 3.24 Å². The lowest BCUT2D eigenvalue weighted by molar-refractivity contribution is 0.251. The number of allylic oxidation sites excluding steroid dienone is 2. The van der Waals surface area contributed by atoms with E-state index < -0.39 is 0 Å². The van der Waals surface area contributed by atoms with Crippen molar-refractivity contribution in [2.45, 2.75) is 161 Å². The molecular weight excluding hydrogens is 362 g/mol. The molecule has 0 aromatic carbocycles. The molecule has 0 saturated carbocycles. The Morgan fingerprint density at radius 3 is 1.17 bits per heavy atom. The van der Waals surface area contributed by atoms with E-state index in [2.05, 4.69) is 45.0 Å². The molecule has 1 nitrogen and oxygen atoms in total. The summed E-state index contributed by atoms with van der Waals surface area (Å²) in [5.74, 6) is 0. The Kier molecular flexibility index (Phi) is 24.7. The molecule has 0 bridgehead atoms. The van der Waals surface area contributed by atoms with E-state index in [9.17, 15) is 0 Å². The third kappa shape index (κ3) is 22.4. The van der Waals surface area contributed by atoms with Crippen molar-refractivity contribution in [3.63, 3.8) is 0 Å². The minimum Gasteiger partial charge on any atom is -0.306 e. The van der Waals surface area contributed by atoms with Gasteiger partial charge in [-0.2, -0.15) is 0 Å². The van der Waals surface area contributed by atoms with Gasteiger partial charge in [0.2, 0.25) is 0 Å². The van der Waals surface area contributed by atoms with Crippen molar-refractivity contribution in [2.24, 2.45) is 0 Å². The van der Waals surface area contributed by atoms with Crippen molar-refractivity contribution in [3.05, 3.63) is 12.2 Å². The molecule has 0 heterocycles. The van der Waals surface area contributed by atoms with Crippen LogP contribution in [0, 0.1) is 0 Å². The van der Waals surface area contributed by atoms with E-state index >= 15 is 0 Å². The lowest BCUT2D eigenvalue weighted by atomic mass is 9.99. The maximum absolute atomic E-state index is 2.48. The zero-order chi connectivity index (χ0) is 22.1. The van der Waals surface area contributed by atoms with Crippen LogP contribution >= 0.6 is 0 Å². The van der Waals surface area contributed by atoms with Gasteiger partial charge in [0.05, 0.1) is 0 Å². The fraction of sp³-hybridized carbons (Fsp3) is 0.931. The summed E-state index contributed by atoms with van der Waals surface area (Å²) in [5, 5.41) is 0. The van der Waals surface area contributed by atoms with E-state index in [4.69, 9.17) is 0 Å². The van der Waals surface area contributed by atoms with Gasteiger partial charge in [0.15, 0.2) is 0 Å². The number of hydrogen-bond acceptors (Lipinski definition) is 1. The fourth-order valence-electron chi connectivity index (χ4n) is 4.45. The van der Waals surface area contributed by atoms with Crippen LogP contribution < -0.4 is 0 Å². The van der Waals surface area contributed by atoms with Crippen molar-refractivity contribution in [3.8, 4) is 0 Å². The Morgan fingerprint density at radius 2 is 0.800 bits per heavy atom. The van der Waals surface area contributed by atoms with Gasteiger partial charge in [0.1, 0.15) is 0 Å². The molecule has 0 aromatic rings. The van der Waals surface area contributed by atoms with Crippen LogP contribution in [0.5, 0.6) is 0 Å². The molecule has 0 fully saturated rings. The van der Waals surface area contributed by atoms with Crippen LogP contribution in [-0.4, -0.2) is 25.0 Å². The smallest absolute Gasteiger partial charge is 0.00891 e. The standard InChI is InChI=1S/C29H59N/c1-5-7-9-11-13-14-15-16-17-18-19-20-22-24-26-28-29(30(3)4)27-25-23-21-12-10-8-6-2/h16-17,29H,5-15,18-28H2,1-4H3. The van der Waals surface area contributed by atoms with E-state index in [0.717, 1.165) is 6.04 Å². The summed E-state index contributed by atoms with van der Waals surface area (Å²) < 4.78 is 0. The molecule has 0 N–H and O–H groups in total. The van der Waals surface area contributed by atoms with Crippen LogP contribution in [0.4, 0.5) is 0 Å². The molecule has 1 unspecified atom stereocenters. The summed E-state index contributed by atoms with van der Waals surface area (Å²) in [6.45, 7) is 4.60. The summed E-state index contributed by atoms with van der Waals surface area (Å²) in [6, 6.07) is 0.811. The third-order valence-corrected chi connectivity index (χ3v) is 6.67. The van der Waals surface area contributed by atoms with Crippen molar-refractivity contribution >= 4 is 0 Å². The zero-order valence-corrected chi connectivity index (χ0v) is 21.7. The van der Waals surface area contributed by atoms with Crippen LogP contribution in [0.25, 0.3) is 0 Å². The molecule has 0 aromatic heterocycles. The second kappa shape index (κ2) is 25.0. The Bertz CT molecular complexity index is 333. The molecule has 180 valence electrons. The quantitative estimate of drug-likeness (QED) is 0.111. The highest BCUT2D eigenvalue weighted by Gasteiger charge is 2.10. The average Bonchev–Trinajstić information content (AvgIpc) is 2.74. The maximum atomic E-state index is 2.48. The minimum atomic E-state index is 0.811. The maximum Gasteiger partial charge on any atom is 0.00891 e. The van der Waals surface area contributed by atoms with Gasteiger partial charge in [-0.05, 0) is 52.6 Å². The SMILES string of the molecule is CCCCCCCCC=CCCCCCCCC(CCCCCCCCC)N(C)C. The Hall–Kier alpha value is -0.300. The molecular formula is C29H59N. The summed E-state index contributed by atoms with van der Waals surface area (Å²) in [5.41, 5.74) is 0. The average molecular weight is 422 g/mol. The molecule has 0 aliphatic heterocycles. The van der Waals surface area contributed by atoms with Crippen LogP contribution in [0.1, 0.15) is 155 Å². The Morgan fingerprint density at radius 1 is 0.467 bits per heavy atom. The monoisotopic (exact) mass is 421 g/mol. The second-order valence-electron chi connectivity index (χ2n) is 9.90. The van der Waals surface area contributed by atoms with Gasteiger partial charge >= 0.3 is 0 Å². The van der Waals surface area contributed by atoms with E-state index in [1.807, 2.05) is 0 Å². The second-order valence-corrected chi connectivity index (χ2v) is 9.90. The summed E-state index contributed by atoms with van der Waals surface area (Å²) in [6.07, 6.45) is 35.9. The van der Waals surface area contributed by atoms with E-state index in [1.165, 1.54) is 141 Å². The first-order chi connectivity index (χ1) is 14.7. The molecule has 0 aliphatic carbocycles. The molecule has 30 heavy (non-hydrogen) atoms.